The van der Waals surface area contributed by atoms with Crippen LogP contribution in [0.1, 0.15) is 30.4 Å². The lowest BCUT2D eigenvalue weighted by atomic mass is 10.0. The molecule has 0 saturated heterocycles. The molecule has 27 heavy (non-hydrogen) atoms. The fraction of sp³-hybridized carbons (Fsp3) is 0.364. The highest BCUT2D eigenvalue weighted by molar-refractivity contribution is 5.87. The van der Waals surface area contributed by atoms with Gasteiger partial charge in [-0.2, -0.15) is 0 Å². The number of amides is 1. The number of aryl methyl sites for hydroxylation is 2. The summed E-state index contributed by atoms with van der Waals surface area (Å²) >= 11 is 0. The summed E-state index contributed by atoms with van der Waals surface area (Å²) in [7, 11) is 1.33. The van der Waals surface area contributed by atoms with Crippen molar-refractivity contribution in [1.29, 1.82) is 0 Å². The maximum atomic E-state index is 12.4. The molecule has 0 aliphatic heterocycles. The second kappa shape index (κ2) is 11.1. The van der Waals surface area contributed by atoms with Gasteiger partial charge in [0.05, 0.1) is 13.2 Å². The molecule has 0 aliphatic rings. The zero-order valence-corrected chi connectivity index (χ0v) is 15.8. The molecule has 2 aromatic rings. The third-order valence-corrected chi connectivity index (χ3v) is 4.53. The minimum atomic E-state index is -0.672. The molecule has 2 aromatic carbocycles. The van der Waals surface area contributed by atoms with Crippen molar-refractivity contribution in [2.24, 2.45) is 5.73 Å². The van der Waals surface area contributed by atoms with E-state index in [9.17, 15) is 9.59 Å². The largest absolute Gasteiger partial charge is 0.467 e. The van der Waals surface area contributed by atoms with E-state index >= 15 is 0 Å². The van der Waals surface area contributed by atoms with Crippen molar-refractivity contribution in [3.63, 3.8) is 0 Å². The molecule has 144 valence electrons. The van der Waals surface area contributed by atoms with Crippen molar-refractivity contribution in [1.82, 2.24) is 5.32 Å². The molecule has 0 bridgehead atoms. The highest BCUT2D eigenvalue weighted by Crippen LogP contribution is 2.09. The lowest BCUT2D eigenvalue weighted by molar-refractivity contribution is -0.145. The van der Waals surface area contributed by atoms with Crippen LogP contribution in [0, 0.1) is 0 Å². The molecule has 5 nitrogen and oxygen atoms in total. The number of hydrogen-bond donors (Lipinski definition) is 2. The fourth-order valence-electron chi connectivity index (χ4n) is 2.92. The SMILES string of the molecule is COC(=O)[C@H](CCCc1ccccc1)NC(=O)C(N)CCc1ccccc1. The Morgan fingerprint density at radius 3 is 2.04 bits per heavy atom. The maximum Gasteiger partial charge on any atom is 0.328 e. The van der Waals surface area contributed by atoms with E-state index in [0.717, 1.165) is 18.4 Å². The zero-order chi connectivity index (χ0) is 19.5. The standard InChI is InChI=1S/C22H28N2O3/c1-27-22(26)20(14-8-13-17-9-4-2-5-10-17)24-21(25)19(23)16-15-18-11-6-3-7-12-18/h2-7,9-12,19-20H,8,13-16,23H2,1H3,(H,24,25)/t19?,20-/m0/s1. The summed E-state index contributed by atoms with van der Waals surface area (Å²) in [5.74, 6) is -0.757. The third kappa shape index (κ3) is 7.23. The number of carbonyl (C=O) groups excluding carboxylic acids is 2. The van der Waals surface area contributed by atoms with E-state index < -0.39 is 18.1 Å². The van der Waals surface area contributed by atoms with Crippen molar-refractivity contribution < 1.29 is 14.3 Å². The number of nitrogens with two attached hydrogens (primary N) is 1. The molecule has 0 spiro atoms. The predicted octanol–water partition coefficient (Wildman–Crippen LogP) is 2.63. The first-order valence-electron chi connectivity index (χ1n) is 9.31. The molecule has 2 atom stereocenters. The summed E-state index contributed by atoms with van der Waals surface area (Å²) in [4.78, 5) is 24.4. The van der Waals surface area contributed by atoms with Crippen LogP contribution in [0.2, 0.25) is 0 Å². The quantitative estimate of drug-likeness (QED) is 0.632. The number of esters is 1. The van der Waals surface area contributed by atoms with E-state index in [1.54, 1.807) is 0 Å². The van der Waals surface area contributed by atoms with E-state index in [0.29, 0.717) is 19.3 Å². The number of rotatable bonds is 10. The van der Waals surface area contributed by atoms with E-state index in [-0.39, 0.29) is 5.91 Å². The number of benzene rings is 2. The first-order valence-corrected chi connectivity index (χ1v) is 9.31. The molecule has 0 heterocycles. The fourth-order valence-corrected chi connectivity index (χ4v) is 2.92. The first-order chi connectivity index (χ1) is 13.1. The number of methoxy groups -OCH3 is 1. The molecule has 0 radical (unpaired) electrons. The van der Waals surface area contributed by atoms with Crippen molar-refractivity contribution in [2.45, 2.75) is 44.2 Å². The van der Waals surface area contributed by atoms with Crippen LogP contribution in [0.4, 0.5) is 0 Å². The van der Waals surface area contributed by atoms with Crippen LogP contribution < -0.4 is 11.1 Å². The molecule has 2 rings (SSSR count). The minimum absolute atomic E-state index is 0.318. The van der Waals surface area contributed by atoms with Crippen molar-refractivity contribution in [3.05, 3.63) is 71.8 Å². The molecule has 0 aromatic heterocycles. The molecule has 0 saturated carbocycles. The van der Waals surface area contributed by atoms with Gasteiger partial charge >= 0.3 is 5.97 Å². The lowest BCUT2D eigenvalue weighted by Gasteiger charge is -2.19. The zero-order valence-electron chi connectivity index (χ0n) is 15.8. The van der Waals surface area contributed by atoms with Crippen LogP contribution in [-0.4, -0.2) is 31.1 Å². The van der Waals surface area contributed by atoms with E-state index in [4.69, 9.17) is 10.5 Å². The Labute approximate surface area is 160 Å². The Hall–Kier alpha value is -2.66. The summed E-state index contributed by atoms with van der Waals surface area (Å²) in [6.45, 7) is 0. The molecule has 1 unspecified atom stereocenters. The molecular formula is C22H28N2O3. The Morgan fingerprint density at radius 1 is 0.926 bits per heavy atom. The van der Waals surface area contributed by atoms with Gasteiger partial charge < -0.3 is 15.8 Å². The van der Waals surface area contributed by atoms with Crippen LogP contribution in [0.15, 0.2) is 60.7 Å². The summed E-state index contributed by atoms with van der Waals surface area (Å²) in [6, 6.07) is 18.6. The predicted molar refractivity (Wildman–Crippen MR) is 106 cm³/mol. The van der Waals surface area contributed by atoms with Gasteiger partial charge in [0.2, 0.25) is 5.91 Å². The average molecular weight is 368 g/mol. The van der Waals surface area contributed by atoms with Crippen LogP contribution in [-0.2, 0) is 27.2 Å². The number of ether oxygens (including phenoxy) is 1. The van der Waals surface area contributed by atoms with Gasteiger partial charge in [0.25, 0.3) is 0 Å². The summed E-state index contributed by atoms with van der Waals surface area (Å²) in [5, 5.41) is 2.75. The normalized spacial score (nSPS) is 12.8. The average Bonchev–Trinajstić information content (AvgIpc) is 2.72. The van der Waals surface area contributed by atoms with Crippen LogP contribution in [0.3, 0.4) is 0 Å². The minimum Gasteiger partial charge on any atom is -0.467 e. The van der Waals surface area contributed by atoms with Gasteiger partial charge in [-0.15, -0.1) is 0 Å². The van der Waals surface area contributed by atoms with Crippen LogP contribution in [0.25, 0.3) is 0 Å². The monoisotopic (exact) mass is 368 g/mol. The van der Waals surface area contributed by atoms with Gasteiger partial charge in [0, 0.05) is 0 Å². The van der Waals surface area contributed by atoms with Crippen molar-refractivity contribution in [3.8, 4) is 0 Å². The van der Waals surface area contributed by atoms with Crippen molar-refractivity contribution >= 4 is 11.9 Å². The second-order valence-electron chi connectivity index (χ2n) is 6.59. The third-order valence-electron chi connectivity index (χ3n) is 4.53. The topological polar surface area (TPSA) is 81.4 Å². The summed E-state index contributed by atoms with van der Waals surface area (Å²) in [6.07, 6.45) is 3.35. The molecule has 3 N–H and O–H groups in total. The van der Waals surface area contributed by atoms with Crippen molar-refractivity contribution in [2.75, 3.05) is 7.11 Å². The van der Waals surface area contributed by atoms with Gasteiger partial charge in [-0.3, -0.25) is 4.79 Å². The highest BCUT2D eigenvalue weighted by atomic mass is 16.5. The van der Waals surface area contributed by atoms with Gasteiger partial charge in [0.15, 0.2) is 0 Å². The lowest BCUT2D eigenvalue weighted by Crippen LogP contribution is -2.49. The molecule has 0 aliphatic carbocycles. The van der Waals surface area contributed by atoms with Gasteiger partial charge in [-0.1, -0.05) is 60.7 Å². The first kappa shape index (κ1) is 20.6. The Balaban J connectivity index is 1.82. The highest BCUT2D eigenvalue weighted by Gasteiger charge is 2.24. The smallest absolute Gasteiger partial charge is 0.328 e. The second-order valence-corrected chi connectivity index (χ2v) is 6.59. The van der Waals surface area contributed by atoms with E-state index in [2.05, 4.69) is 5.32 Å². The Bertz CT molecular complexity index is 704. The van der Waals surface area contributed by atoms with Gasteiger partial charge in [-0.05, 0) is 43.2 Å². The number of hydrogen-bond acceptors (Lipinski definition) is 4. The van der Waals surface area contributed by atoms with Crippen LogP contribution in [0.5, 0.6) is 0 Å². The van der Waals surface area contributed by atoms with E-state index in [1.165, 1.54) is 12.7 Å². The maximum absolute atomic E-state index is 12.4. The molecule has 1 amide bonds. The van der Waals surface area contributed by atoms with Gasteiger partial charge in [0.1, 0.15) is 6.04 Å². The number of carbonyl (C=O) groups is 2. The molecule has 0 fully saturated rings. The molecular weight excluding hydrogens is 340 g/mol. The Kier molecular flexibility index (Phi) is 8.52. The van der Waals surface area contributed by atoms with Gasteiger partial charge in [-0.25, -0.2) is 4.79 Å². The summed E-state index contributed by atoms with van der Waals surface area (Å²) in [5.41, 5.74) is 8.34. The van der Waals surface area contributed by atoms with E-state index in [1.807, 2.05) is 60.7 Å². The Morgan fingerprint density at radius 2 is 1.48 bits per heavy atom. The van der Waals surface area contributed by atoms with Crippen LogP contribution >= 0.6 is 0 Å². The number of nitrogens with one attached hydrogen (secondary N) is 1. The molecule has 5 heteroatoms. The summed E-state index contributed by atoms with van der Waals surface area (Å²) < 4.78 is 4.83.